The molecule has 0 spiro atoms. The summed E-state index contributed by atoms with van der Waals surface area (Å²) in [5.74, 6) is -0.499. The van der Waals surface area contributed by atoms with Crippen molar-refractivity contribution in [3.05, 3.63) is 88.7 Å². The van der Waals surface area contributed by atoms with Crippen LogP contribution in [0, 0.1) is 0 Å². The van der Waals surface area contributed by atoms with Crippen molar-refractivity contribution >= 4 is 46.4 Å². The first-order valence-electron chi connectivity index (χ1n) is 8.57. The van der Waals surface area contributed by atoms with Crippen LogP contribution in [-0.4, -0.2) is 16.8 Å². The lowest BCUT2D eigenvalue weighted by Crippen LogP contribution is -2.67. The van der Waals surface area contributed by atoms with Crippen molar-refractivity contribution in [2.45, 2.75) is 12.0 Å². The Morgan fingerprint density at radius 1 is 1.00 bits per heavy atom. The van der Waals surface area contributed by atoms with Gasteiger partial charge in [0.1, 0.15) is 0 Å². The average Bonchev–Trinajstić information content (AvgIpc) is 2.66. The van der Waals surface area contributed by atoms with Gasteiger partial charge < -0.3 is 5.32 Å². The predicted octanol–water partition coefficient (Wildman–Crippen LogP) is 4.66. The first-order valence-corrected chi connectivity index (χ1v) is 9.32. The number of hydrogen-bond donors (Lipinski definition) is 1. The van der Waals surface area contributed by atoms with Crippen molar-refractivity contribution in [1.82, 2.24) is 4.98 Å². The molecular formula is C21H15Cl2N3O2. The third-order valence-corrected chi connectivity index (χ3v) is 5.19. The van der Waals surface area contributed by atoms with Crippen LogP contribution in [0.5, 0.6) is 0 Å². The first kappa shape index (κ1) is 18.5. The SMILES string of the molecule is O=C1CC(C(=O)Nc2cccc(Cl)c2)(c2ccncc2)N1c1cccc(Cl)c1. The molecule has 0 aliphatic carbocycles. The molecule has 0 saturated carbocycles. The van der Waals surface area contributed by atoms with E-state index < -0.39 is 5.54 Å². The van der Waals surface area contributed by atoms with Gasteiger partial charge in [0.2, 0.25) is 5.91 Å². The summed E-state index contributed by atoms with van der Waals surface area (Å²) >= 11 is 12.2. The van der Waals surface area contributed by atoms with Crippen molar-refractivity contribution in [3.63, 3.8) is 0 Å². The lowest BCUT2D eigenvalue weighted by molar-refractivity contribution is -0.137. The van der Waals surface area contributed by atoms with E-state index in [0.29, 0.717) is 27.0 Å². The lowest BCUT2D eigenvalue weighted by Gasteiger charge is -2.50. The van der Waals surface area contributed by atoms with E-state index in [1.165, 1.54) is 4.90 Å². The Hall–Kier alpha value is -2.89. The smallest absolute Gasteiger partial charge is 0.255 e. The molecule has 1 atom stereocenters. The highest BCUT2D eigenvalue weighted by molar-refractivity contribution is 6.31. The van der Waals surface area contributed by atoms with Crippen LogP contribution in [0.25, 0.3) is 0 Å². The van der Waals surface area contributed by atoms with E-state index in [1.54, 1.807) is 73.1 Å². The minimum Gasteiger partial charge on any atom is -0.324 e. The summed E-state index contributed by atoms with van der Waals surface area (Å²) in [5, 5.41) is 3.88. The molecule has 0 bridgehead atoms. The number of hydrogen-bond acceptors (Lipinski definition) is 3. The molecule has 5 nitrogen and oxygen atoms in total. The van der Waals surface area contributed by atoms with Gasteiger partial charge in [-0.1, -0.05) is 35.3 Å². The second-order valence-electron chi connectivity index (χ2n) is 6.45. The average molecular weight is 412 g/mol. The normalized spacial score (nSPS) is 18.5. The predicted molar refractivity (Wildman–Crippen MR) is 110 cm³/mol. The minimum absolute atomic E-state index is 0.0376. The largest absolute Gasteiger partial charge is 0.324 e. The maximum atomic E-state index is 13.4. The van der Waals surface area contributed by atoms with Crippen LogP contribution < -0.4 is 10.2 Å². The number of anilines is 2. The summed E-state index contributed by atoms with van der Waals surface area (Å²) in [5.41, 5.74) is 0.576. The van der Waals surface area contributed by atoms with E-state index in [2.05, 4.69) is 10.3 Å². The Labute approximate surface area is 171 Å². The van der Waals surface area contributed by atoms with Crippen LogP contribution in [-0.2, 0) is 15.1 Å². The fourth-order valence-electron chi connectivity index (χ4n) is 3.45. The number of nitrogens with zero attached hydrogens (tertiary/aromatic N) is 2. The molecule has 2 heterocycles. The topological polar surface area (TPSA) is 62.3 Å². The monoisotopic (exact) mass is 411 g/mol. The number of amides is 2. The molecule has 3 aromatic rings. The van der Waals surface area contributed by atoms with Crippen LogP contribution in [0.2, 0.25) is 10.0 Å². The molecule has 1 saturated heterocycles. The molecule has 4 rings (SSSR count). The number of carbonyl (C=O) groups is 2. The van der Waals surface area contributed by atoms with E-state index in [9.17, 15) is 9.59 Å². The molecule has 1 aliphatic heterocycles. The van der Waals surface area contributed by atoms with E-state index in [-0.39, 0.29) is 18.2 Å². The molecule has 28 heavy (non-hydrogen) atoms. The summed E-state index contributed by atoms with van der Waals surface area (Å²) in [7, 11) is 0. The quantitative estimate of drug-likeness (QED) is 0.634. The van der Waals surface area contributed by atoms with Gasteiger partial charge in [0.15, 0.2) is 5.54 Å². The summed E-state index contributed by atoms with van der Waals surface area (Å²) in [6.45, 7) is 0. The molecule has 1 unspecified atom stereocenters. The minimum atomic E-state index is -1.20. The highest BCUT2D eigenvalue weighted by Crippen LogP contribution is 2.46. The lowest BCUT2D eigenvalue weighted by atomic mass is 9.76. The van der Waals surface area contributed by atoms with Gasteiger partial charge in [0, 0.05) is 33.8 Å². The number of carbonyl (C=O) groups excluding carboxylic acids is 2. The van der Waals surface area contributed by atoms with Crippen LogP contribution in [0.1, 0.15) is 12.0 Å². The third kappa shape index (κ3) is 3.13. The zero-order valence-electron chi connectivity index (χ0n) is 14.6. The Bertz CT molecular complexity index is 1060. The summed E-state index contributed by atoms with van der Waals surface area (Å²) in [4.78, 5) is 31.6. The van der Waals surface area contributed by atoms with E-state index in [4.69, 9.17) is 23.2 Å². The number of benzene rings is 2. The molecule has 7 heteroatoms. The van der Waals surface area contributed by atoms with Crippen molar-refractivity contribution in [2.75, 3.05) is 10.2 Å². The van der Waals surface area contributed by atoms with Crippen molar-refractivity contribution in [2.24, 2.45) is 0 Å². The van der Waals surface area contributed by atoms with Gasteiger partial charge in [-0.25, -0.2) is 0 Å². The van der Waals surface area contributed by atoms with Crippen LogP contribution >= 0.6 is 23.2 Å². The Balaban J connectivity index is 1.79. The number of aromatic nitrogens is 1. The molecule has 0 radical (unpaired) electrons. The second-order valence-corrected chi connectivity index (χ2v) is 7.32. The van der Waals surface area contributed by atoms with Gasteiger partial charge in [-0.15, -0.1) is 0 Å². The summed E-state index contributed by atoms with van der Waals surface area (Å²) in [6.07, 6.45) is 3.24. The summed E-state index contributed by atoms with van der Waals surface area (Å²) in [6, 6.07) is 17.2. The zero-order valence-corrected chi connectivity index (χ0v) is 16.1. The third-order valence-electron chi connectivity index (χ3n) is 4.72. The van der Waals surface area contributed by atoms with Crippen LogP contribution in [0.3, 0.4) is 0 Å². The summed E-state index contributed by atoms with van der Waals surface area (Å²) < 4.78 is 0. The van der Waals surface area contributed by atoms with Crippen molar-refractivity contribution < 1.29 is 9.59 Å². The number of pyridine rings is 1. The second kappa shape index (κ2) is 7.26. The molecule has 1 fully saturated rings. The van der Waals surface area contributed by atoms with Gasteiger partial charge >= 0.3 is 0 Å². The highest BCUT2D eigenvalue weighted by Gasteiger charge is 2.58. The van der Waals surface area contributed by atoms with E-state index in [0.717, 1.165) is 0 Å². The first-order chi connectivity index (χ1) is 13.5. The van der Waals surface area contributed by atoms with E-state index >= 15 is 0 Å². The number of rotatable bonds is 4. The molecule has 1 aliphatic rings. The van der Waals surface area contributed by atoms with Gasteiger partial charge in [0.05, 0.1) is 6.42 Å². The molecule has 1 N–H and O–H groups in total. The molecule has 1 aromatic heterocycles. The number of nitrogens with one attached hydrogen (secondary N) is 1. The van der Waals surface area contributed by atoms with Crippen molar-refractivity contribution in [1.29, 1.82) is 0 Å². The maximum Gasteiger partial charge on any atom is 0.255 e. The van der Waals surface area contributed by atoms with Gasteiger partial charge in [-0.3, -0.25) is 19.5 Å². The maximum absolute atomic E-state index is 13.4. The van der Waals surface area contributed by atoms with Crippen LogP contribution in [0.15, 0.2) is 73.1 Å². The zero-order chi connectivity index (χ0) is 19.7. The highest BCUT2D eigenvalue weighted by atomic mass is 35.5. The fraction of sp³-hybridized carbons (Fsp3) is 0.0952. The molecular weight excluding hydrogens is 397 g/mol. The number of β-lactam (4-membered cyclic amide) rings is 1. The Kier molecular flexibility index (Phi) is 4.79. The van der Waals surface area contributed by atoms with Gasteiger partial charge in [-0.2, -0.15) is 0 Å². The van der Waals surface area contributed by atoms with E-state index in [1.807, 2.05) is 0 Å². The van der Waals surface area contributed by atoms with Crippen molar-refractivity contribution in [3.8, 4) is 0 Å². The van der Waals surface area contributed by atoms with Crippen LogP contribution in [0.4, 0.5) is 11.4 Å². The fourth-order valence-corrected chi connectivity index (χ4v) is 3.83. The Morgan fingerprint density at radius 3 is 2.32 bits per heavy atom. The Morgan fingerprint density at radius 2 is 1.68 bits per heavy atom. The standard InChI is InChI=1S/C21H15Cl2N3O2/c22-15-3-1-5-17(11-15)25-20(28)21(14-7-9-24-10-8-14)13-19(27)26(21)18-6-2-4-16(23)12-18/h1-12H,13H2,(H,25,28). The van der Waals surface area contributed by atoms with Gasteiger partial charge in [0.25, 0.3) is 5.91 Å². The molecule has 2 aromatic carbocycles. The van der Waals surface area contributed by atoms with Gasteiger partial charge in [-0.05, 0) is 54.1 Å². The number of halogens is 2. The molecule has 140 valence electrons. The molecule has 2 amide bonds.